The van der Waals surface area contributed by atoms with Crippen molar-refractivity contribution in [3.05, 3.63) is 12.7 Å². The predicted molar refractivity (Wildman–Crippen MR) is 81.8 cm³/mol. The summed E-state index contributed by atoms with van der Waals surface area (Å²) in [7, 11) is -2.41. The van der Waals surface area contributed by atoms with Crippen LogP contribution in [0.2, 0.25) is 0 Å². The van der Waals surface area contributed by atoms with Crippen LogP contribution < -0.4 is 10.0 Å². The maximum atomic E-state index is 11.6. The van der Waals surface area contributed by atoms with Crippen LogP contribution in [-0.4, -0.2) is 52.5 Å². The van der Waals surface area contributed by atoms with Crippen molar-refractivity contribution in [1.29, 1.82) is 0 Å². The number of carbonyl (C=O) groups excluding carboxylic acids is 2. The first-order valence-electron chi connectivity index (χ1n) is 6.95. The van der Waals surface area contributed by atoms with Crippen LogP contribution in [0.3, 0.4) is 0 Å². The molecule has 0 saturated heterocycles. The van der Waals surface area contributed by atoms with Crippen molar-refractivity contribution >= 4 is 22.1 Å². The zero-order chi connectivity index (χ0) is 17.0. The van der Waals surface area contributed by atoms with Crippen molar-refractivity contribution < 1.29 is 27.5 Å². The van der Waals surface area contributed by atoms with E-state index < -0.39 is 28.1 Å². The maximum Gasteiger partial charge on any atom is 0.407 e. The molecule has 2 N–H and O–H groups in total. The van der Waals surface area contributed by atoms with Crippen LogP contribution in [0.1, 0.15) is 26.2 Å². The maximum absolute atomic E-state index is 11.6. The fourth-order valence-electron chi connectivity index (χ4n) is 1.35. The third-order valence-corrected chi connectivity index (χ3v) is 3.99. The fourth-order valence-corrected chi connectivity index (χ4v) is 2.39. The lowest BCUT2D eigenvalue weighted by Crippen LogP contribution is -2.49. The standard InChI is InChI=1S/C13H24N2O6S/c1-4-6-8-21-13(17)15-11(12(16)20-3)10-14-22(18,19)9-7-5-2/h5,11,14H,2,4,6-10H2,1,3H3,(H,15,17). The van der Waals surface area contributed by atoms with Gasteiger partial charge < -0.3 is 14.8 Å². The van der Waals surface area contributed by atoms with Crippen molar-refractivity contribution in [2.24, 2.45) is 0 Å². The van der Waals surface area contributed by atoms with Gasteiger partial charge in [0, 0.05) is 6.54 Å². The minimum atomic E-state index is -3.56. The quantitative estimate of drug-likeness (QED) is 0.324. The summed E-state index contributed by atoms with van der Waals surface area (Å²) in [6, 6.07) is -1.15. The van der Waals surface area contributed by atoms with Gasteiger partial charge in [-0.3, -0.25) is 0 Å². The molecule has 0 aliphatic carbocycles. The molecule has 1 unspecified atom stereocenters. The largest absolute Gasteiger partial charge is 0.467 e. The summed E-state index contributed by atoms with van der Waals surface area (Å²) in [5.74, 6) is -0.912. The van der Waals surface area contributed by atoms with Crippen molar-refractivity contribution in [2.75, 3.05) is 26.0 Å². The molecule has 0 aliphatic heterocycles. The Kier molecular flexibility index (Phi) is 10.2. The van der Waals surface area contributed by atoms with Gasteiger partial charge in [-0.1, -0.05) is 19.4 Å². The van der Waals surface area contributed by atoms with Crippen molar-refractivity contribution in [1.82, 2.24) is 10.0 Å². The first kappa shape index (κ1) is 20.4. The Morgan fingerprint density at radius 2 is 2.05 bits per heavy atom. The number of methoxy groups -OCH3 is 1. The number of carbonyl (C=O) groups is 2. The summed E-state index contributed by atoms with van der Waals surface area (Å²) in [6.45, 7) is 5.29. The molecule has 0 aliphatic rings. The number of alkyl carbamates (subject to hydrolysis) is 1. The summed E-state index contributed by atoms with van der Waals surface area (Å²) >= 11 is 0. The number of unbranched alkanes of at least 4 members (excludes halogenated alkanes) is 1. The molecule has 0 bridgehead atoms. The highest BCUT2D eigenvalue weighted by Gasteiger charge is 2.24. The number of ether oxygens (including phenoxy) is 2. The van der Waals surface area contributed by atoms with Gasteiger partial charge in [-0.25, -0.2) is 22.7 Å². The number of allylic oxidation sites excluding steroid dienone is 1. The molecule has 0 aromatic rings. The summed E-state index contributed by atoms with van der Waals surface area (Å²) in [5.41, 5.74) is 0. The lowest BCUT2D eigenvalue weighted by molar-refractivity contribution is -0.142. The highest BCUT2D eigenvalue weighted by Crippen LogP contribution is 1.95. The Labute approximate surface area is 131 Å². The van der Waals surface area contributed by atoms with E-state index in [0.29, 0.717) is 6.42 Å². The molecule has 0 fully saturated rings. The van der Waals surface area contributed by atoms with Crippen LogP contribution in [-0.2, 0) is 24.3 Å². The molecular weight excluding hydrogens is 312 g/mol. The minimum Gasteiger partial charge on any atom is -0.467 e. The summed E-state index contributed by atoms with van der Waals surface area (Å²) in [6.07, 6.45) is 2.51. The van der Waals surface area contributed by atoms with Crippen molar-refractivity contribution in [3.8, 4) is 0 Å². The molecule has 128 valence electrons. The van der Waals surface area contributed by atoms with Crippen molar-refractivity contribution in [3.63, 3.8) is 0 Å². The van der Waals surface area contributed by atoms with Crippen LogP contribution in [0.4, 0.5) is 4.79 Å². The van der Waals surface area contributed by atoms with Gasteiger partial charge in [0.1, 0.15) is 6.04 Å². The van der Waals surface area contributed by atoms with E-state index in [4.69, 9.17) is 4.74 Å². The average Bonchev–Trinajstić information content (AvgIpc) is 2.49. The second-order valence-corrected chi connectivity index (χ2v) is 6.38. The van der Waals surface area contributed by atoms with E-state index in [1.54, 1.807) is 0 Å². The Hall–Kier alpha value is -1.61. The van der Waals surface area contributed by atoms with E-state index in [9.17, 15) is 18.0 Å². The van der Waals surface area contributed by atoms with Crippen LogP contribution >= 0.6 is 0 Å². The Balaban J connectivity index is 4.49. The molecule has 0 spiro atoms. The molecule has 1 amide bonds. The lowest BCUT2D eigenvalue weighted by Gasteiger charge is -2.17. The number of sulfonamides is 1. The molecule has 0 radical (unpaired) electrons. The van der Waals surface area contributed by atoms with Crippen LogP contribution in [0.25, 0.3) is 0 Å². The van der Waals surface area contributed by atoms with E-state index in [1.165, 1.54) is 6.08 Å². The molecule has 0 aromatic heterocycles. The van der Waals surface area contributed by atoms with Gasteiger partial charge in [-0.15, -0.1) is 6.58 Å². The van der Waals surface area contributed by atoms with Crippen LogP contribution in [0.15, 0.2) is 12.7 Å². The molecule has 0 rings (SSSR count). The van der Waals surface area contributed by atoms with Gasteiger partial charge in [-0.05, 0) is 12.8 Å². The highest BCUT2D eigenvalue weighted by molar-refractivity contribution is 7.89. The second-order valence-electron chi connectivity index (χ2n) is 4.45. The van der Waals surface area contributed by atoms with Crippen molar-refractivity contribution in [2.45, 2.75) is 32.2 Å². The molecule has 0 aromatic carbocycles. The average molecular weight is 336 g/mol. The number of hydrogen-bond acceptors (Lipinski definition) is 6. The second kappa shape index (κ2) is 11.0. The van der Waals surface area contributed by atoms with Gasteiger partial charge in [-0.2, -0.15) is 0 Å². The Morgan fingerprint density at radius 3 is 2.59 bits per heavy atom. The van der Waals surface area contributed by atoms with E-state index in [-0.39, 0.29) is 25.3 Å². The molecule has 9 heteroatoms. The van der Waals surface area contributed by atoms with E-state index in [1.807, 2.05) is 6.92 Å². The SMILES string of the molecule is C=CCCS(=O)(=O)NCC(NC(=O)OCCCC)C(=O)OC. The number of rotatable bonds is 11. The van der Waals surface area contributed by atoms with E-state index >= 15 is 0 Å². The fraction of sp³-hybridized carbons (Fsp3) is 0.692. The van der Waals surface area contributed by atoms with Gasteiger partial charge in [0.25, 0.3) is 0 Å². The van der Waals surface area contributed by atoms with Gasteiger partial charge in [0.2, 0.25) is 10.0 Å². The monoisotopic (exact) mass is 336 g/mol. The Morgan fingerprint density at radius 1 is 1.36 bits per heavy atom. The minimum absolute atomic E-state index is 0.147. The normalized spacial score (nSPS) is 12.3. The molecular formula is C13H24N2O6S. The van der Waals surface area contributed by atoms with E-state index in [2.05, 4.69) is 21.4 Å². The predicted octanol–water partition coefficient (Wildman–Crippen LogP) is 0.550. The molecule has 22 heavy (non-hydrogen) atoms. The van der Waals surface area contributed by atoms with Gasteiger partial charge in [0.15, 0.2) is 0 Å². The first-order chi connectivity index (χ1) is 10.4. The van der Waals surface area contributed by atoms with Gasteiger partial charge >= 0.3 is 12.1 Å². The number of amides is 1. The van der Waals surface area contributed by atoms with Gasteiger partial charge in [0.05, 0.1) is 19.5 Å². The van der Waals surface area contributed by atoms with Crippen LogP contribution in [0.5, 0.6) is 0 Å². The smallest absolute Gasteiger partial charge is 0.407 e. The zero-order valence-corrected chi connectivity index (χ0v) is 13.8. The molecule has 1 atom stereocenters. The molecule has 0 heterocycles. The lowest BCUT2D eigenvalue weighted by atomic mass is 10.3. The zero-order valence-electron chi connectivity index (χ0n) is 13.0. The number of hydrogen-bond donors (Lipinski definition) is 2. The van der Waals surface area contributed by atoms with Crippen LogP contribution in [0, 0.1) is 0 Å². The topological polar surface area (TPSA) is 111 Å². The summed E-state index contributed by atoms with van der Waals surface area (Å²) in [4.78, 5) is 23.1. The molecule has 0 saturated carbocycles. The number of nitrogens with one attached hydrogen (secondary N) is 2. The third-order valence-electron chi connectivity index (χ3n) is 2.61. The Bertz CT molecular complexity index is 463. The van der Waals surface area contributed by atoms with E-state index in [0.717, 1.165) is 13.5 Å². The summed E-state index contributed by atoms with van der Waals surface area (Å²) < 4.78 is 34.9. The highest BCUT2D eigenvalue weighted by atomic mass is 32.2. The molecule has 8 nitrogen and oxygen atoms in total. The number of esters is 1. The summed E-state index contributed by atoms with van der Waals surface area (Å²) in [5, 5.41) is 2.27. The third kappa shape index (κ3) is 9.35. The first-order valence-corrected chi connectivity index (χ1v) is 8.60.